The number of carbonyl (C=O) groups is 5. The van der Waals surface area contributed by atoms with Gasteiger partial charge in [0.25, 0.3) is 0 Å². The van der Waals surface area contributed by atoms with Crippen LogP contribution >= 0.6 is 0 Å². The molecule has 1 spiro atoms. The average molecular weight is 745 g/mol. The number of rotatable bonds is 19. The number of amides is 4. The lowest BCUT2D eigenvalue weighted by molar-refractivity contribution is -0.138. The second-order valence-electron chi connectivity index (χ2n) is 14.0. The van der Waals surface area contributed by atoms with E-state index in [1.807, 2.05) is 20.8 Å². The number of aromatic nitrogens is 1. The van der Waals surface area contributed by atoms with Gasteiger partial charge in [0.05, 0.1) is 37.6 Å². The molecular weight excluding hydrogens is 692 g/mol. The number of nitrogens with zero attached hydrogens (tertiary/aromatic N) is 2. The highest BCUT2D eigenvalue weighted by Crippen LogP contribution is 2.59. The number of hydrogen-bond acceptors (Lipinski definition) is 11. The molecule has 2 aliphatic heterocycles. The van der Waals surface area contributed by atoms with E-state index in [1.54, 1.807) is 19.2 Å². The van der Waals surface area contributed by atoms with Crippen molar-refractivity contribution in [3.8, 4) is 0 Å². The third-order valence-electron chi connectivity index (χ3n) is 9.71. The largest absolute Gasteiger partial charge is 0.481 e. The highest BCUT2D eigenvalue weighted by molar-refractivity contribution is 5.91. The molecule has 8 unspecified atom stereocenters. The van der Waals surface area contributed by atoms with Crippen LogP contribution < -0.4 is 32.7 Å². The number of nitrogens with two attached hydrogens (primary N) is 2. The van der Waals surface area contributed by atoms with Crippen LogP contribution in [0.2, 0.25) is 0 Å². The Labute approximate surface area is 308 Å². The highest BCUT2D eigenvalue weighted by atomic mass is 16.6. The molecular formula is C35H52N8O10. The van der Waals surface area contributed by atoms with E-state index in [0.717, 1.165) is 6.42 Å². The van der Waals surface area contributed by atoms with E-state index in [9.17, 15) is 29.1 Å². The number of ether oxygens (including phenoxy) is 4. The summed E-state index contributed by atoms with van der Waals surface area (Å²) in [6.07, 6.45) is 4.98. The van der Waals surface area contributed by atoms with Gasteiger partial charge < -0.3 is 56.8 Å². The van der Waals surface area contributed by atoms with Crippen LogP contribution in [0, 0.1) is 5.92 Å². The number of carboxylic acid groups (broad SMARTS) is 1. The average Bonchev–Trinajstić information content (AvgIpc) is 4.03. The molecule has 1 aliphatic carbocycles. The van der Waals surface area contributed by atoms with Crippen molar-refractivity contribution in [1.82, 2.24) is 26.3 Å². The minimum atomic E-state index is -1.14. The van der Waals surface area contributed by atoms with Gasteiger partial charge in [-0.1, -0.05) is 17.7 Å². The summed E-state index contributed by atoms with van der Waals surface area (Å²) in [5.41, 5.74) is 11.5. The van der Waals surface area contributed by atoms with Crippen LogP contribution in [-0.4, -0.2) is 115 Å². The van der Waals surface area contributed by atoms with Crippen molar-refractivity contribution >= 4 is 35.7 Å². The van der Waals surface area contributed by atoms with Crippen molar-refractivity contribution in [2.45, 2.75) is 101 Å². The summed E-state index contributed by atoms with van der Waals surface area (Å²) in [5.74, 6) is -3.50. The molecule has 4 rings (SSSR count). The molecule has 2 saturated heterocycles. The fourth-order valence-corrected chi connectivity index (χ4v) is 6.96. The summed E-state index contributed by atoms with van der Waals surface area (Å²) < 4.78 is 23.9. The van der Waals surface area contributed by atoms with E-state index in [0.29, 0.717) is 31.4 Å². The van der Waals surface area contributed by atoms with Crippen LogP contribution in [0.15, 0.2) is 41.2 Å². The fraction of sp³-hybridized carbons (Fsp3) is 0.629. The first-order valence-corrected chi connectivity index (χ1v) is 17.6. The molecule has 0 radical (unpaired) electrons. The van der Waals surface area contributed by atoms with Crippen LogP contribution in [0.3, 0.4) is 0 Å². The number of methoxy groups -OCH3 is 1. The Bertz CT molecular complexity index is 1530. The van der Waals surface area contributed by atoms with Gasteiger partial charge in [-0.2, -0.15) is 0 Å². The van der Waals surface area contributed by atoms with Gasteiger partial charge in [0.2, 0.25) is 17.7 Å². The van der Waals surface area contributed by atoms with E-state index in [1.165, 1.54) is 18.0 Å². The van der Waals surface area contributed by atoms with Crippen LogP contribution in [0.1, 0.15) is 70.9 Å². The van der Waals surface area contributed by atoms with Crippen LogP contribution in [0.4, 0.5) is 4.79 Å². The lowest BCUT2D eigenvalue weighted by Crippen LogP contribution is -2.56. The zero-order chi connectivity index (χ0) is 38.8. The number of aliphatic imine (C=N–C) groups is 1. The number of carboxylic acids is 1. The molecule has 3 fully saturated rings. The lowest BCUT2D eigenvalue weighted by Gasteiger charge is -2.42. The molecule has 1 aromatic heterocycles. The number of carbonyl (C=O) groups excluding carboxylic acids is 4. The Hall–Kier alpha value is -4.81. The Morgan fingerprint density at radius 3 is 2.49 bits per heavy atom. The van der Waals surface area contributed by atoms with Gasteiger partial charge in [0.15, 0.2) is 5.96 Å². The van der Waals surface area contributed by atoms with Gasteiger partial charge in [-0.05, 0) is 64.5 Å². The number of guanidine groups is 1. The summed E-state index contributed by atoms with van der Waals surface area (Å²) >= 11 is 0. The van der Waals surface area contributed by atoms with Gasteiger partial charge in [-0.25, -0.2) is 4.79 Å². The summed E-state index contributed by atoms with van der Waals surface area (Å²) in [6, 6.07) is 1.22. The van der Waals surface area contributed by atoms with Crippen LogP contribution in [-0.2, 0) is 38.1 Å². The number of pyridine rings is 1. The second-order valence-corrected chi connectivity index (χ2v) is 14.0. The Morgan fingerprint density at radius 1 is 1.15 bits per heavy atom. The second kappa shape index (κ2) is 18.3. The molecule has 9 N–H and O–H groups in total. The molecule has 3 aliphatic rings. The van der Waals surface area contributed by atoms with E-state index in [-0.39, 0.29) is 30.9 Å². The van der Waals surface area contributed by atoms with Gasteiger partial charge >= 0.3 is 12.1 Å². The normalized spacial score (nSPS) is 26.6. The van der Waals surface area contributed by atoms with Gasteiger partial charge in [0.1, 0.15) is 36.0 Å². The van der Waals surface area contributed by atoms with E-state index in [2.05, 4.69) is 37.3 Å². The quantitative estimate of drug-likeness (QED) is 0.0328. The Kier molecular flexibility index (Phi) is 14.1. The molecule has 0 aromatic carbocycles. The SMILES string of the molecule is COC1C(OC(=O)NCC(=O)NC(CCCN=C(N)N)C(=O)NCC(=O)NC(CC(=O)O)c2cccnc2)CCC2(CO2)C1C1(C)OC1CC=C(C)C. The molecule has 1 aromatic rings. The standard InChI is InChI=1S/C35H52N8O10/c1-20(2)9-10-25-34(3,53-25)30-29(50-4)24(11-12-35(30)19-51-35)52-33(49)41-18-27(45)42-22(8-6-14-39-32(36)37)31(48)40-17-26(44)43-23(15-28(46)47)21-7-5-13-38-16-21/h5,7,9,13,16,22-25,29-30H,6,8,10-12,14-15,17-19H2,1-4H3,(H,40,48)(H,41,49)(H,42,45)(H,43,44)(H,46,47)(H4,36,37,39). The predicted molar refractivity (Wildman–Crippen MR) is 190 cm³/mol. The molecule has 292 valence electrons. The molecule has 0 bridgehead atoms. The van der Waals surface area contributed by atoms with E-state index >= 15 is 0 Å². The smallest absolute Gasteiger partial charge is 0.407 e. The van der Waals surface area contributed by atoms with E-state index < -0.39 is 84.8 Å². The molecule has 3 heterocycles. The fourth-order valence-electron chi connectivity index (χ4n) is 6.96. The van der Waals surface area contributed by atoms with Gasteiger partial charge in [-0.15, -0.1) is 0 Å². The maximum atomic E-state index is 13.1. The predicted octanol–water partition coefficient (Wildman–Crippen LogP) is 0.171. The molecule has 8 atom stereocenters. The molecule has 1 saturated carbocycles. The number of aliphatic carboxylic acids is 1. The van der Waals surface area contributed by atoms with E-state index in [4.69, 9.17) is 30.4 Å². The minimum Gasteiger partial charge on any atom is -0.481 e. The highest BCUT2D eigenvalue weighted by Gasteiger charge is 2.72. The Morgan fingerprint density at radius 2 is 1.87 bits per heavy atom. The summed E-state index contributed by atoms with van der Waals surface area (Å²) in [6.45, 7) is 5.84. The number of alkyl carbamates (subject to hydrolysis) is 1. The number of allylic oxidation sites excluding steroid dienone is 1. The monoisotopic (exact) mass is 744 g/mol. The van der Waals surface area contributed by atoms with Gasteiger partial charge in [0, 0.05) is 26.0 Å². The number of epoxide rings is 2. The van der Waals surface area contributed by atoms with Crippen LogP contribution in [0.5, 0.6) is 0 Å². The first-order chi connectivity index (χ1) is 25.2. The zero-order valence-corrected chi connectivity index (χ0v) is 30.6. The van der Waals surface area contributed by atoms with Gasteiger partial charge in [-0.3, -0.25) is 29.2 Å². The molecule has 4 amide bonds. The first kappa shape index (κ1) is 41.0. The molecule has 18 nitrogen and oxygen atoms in total. The van der Waals surface area contributed by atoms with Crippen molar-refractivity contribution < 1.29 is 48.0 Å². The Balaban J connectivity index is 1.30. The zero-order valence-electron chi connectivity index (χ0n) is 30.6. The topological polar surface area (TPSA) is 275 Å². The first-order valence-electron chi connectivity index (χ1n) is 17.6. The minimum absolute atomic E-state index is 0.0166. The molecule has 18 heteroatoms. The summed E-state index contributed by atoms with van der Waals surface area (Å²) in [5, 5.41) is 19.4. The third kappa shape index (κ3) is 11.6. The maximum Gasteiger partial charge on any atom is 0.407 e. The van der Waals surface area contributed by atoms with Crippen molar-refractivity contribution in [2.75, 3.05) is 33.4 Å². The summed E-state index contributed by atoms with van der Waals surface area (Å²) in [7, 11) is 1.56. The maximum absolute atomic E-state index is 13.1. The van der Waals surface area contributed by atoms with Crippen LogP contribution in [0.25, 0.3) is 0 Å². The molecule has 53 heavy (non-hydrogen) atoms. The van der Waals surface area contributed by atoms with Crippen molar-refractivity contribution in [1.29, 1.82) is 0 Å². The summed E-state index contributed by atoms with van der Waals surface area (Å²) in [4.78, 5) is 71.0. The van der Waals surface area contributed by atoms with Crippen molar-refractivity contribution in [3.63, 3.8) is 0 Å². The van der Waals surface area contributed by atoms with Crippen molar-refractivity contribution in [3.05, 3.63) is 41.7 Å². The number of nitrogens with one attached hydrogen (secondary N) is 4. The third-order valence-corrected chi connectivity index (χ3v) is 9.71. The number of hydrogen-bond donors (Lipinski definition) is 7. The lowest BCUT2D eigenvalue weighted by atomic mass is 9.68. The van der Waals surface area contributed by atoms with Crippen molar-refractivity contribution in [2.24, 2.45) is 22.4 Å².